The second-order valence-corrected chi connectivity index (χ2v) is 6.45. The van der Waals surface area contributed by atoms with E-state index in [1.165, 1.54) is 24.8 Å². The van der Waals surface area contributed by atoms with Crippen LogP contribution in [-0.4, -0.2) is 67.2 Å². The molecule has 5 heterocycles. The molecule has 128 valence electrons. The molecule has 0 aliphatic carbocycles. The van der Waals surface area contributed by atoms with Crippen molar-refractivity contribution < 1.29 is 9.59 Å². The number of nitrogens with zero attached hydrogens (tertiary/aromatic N) is 6. The first-order chi connectivity index (χ1) is 12.2. The number of amides is 2. The first kappa shape index (κ1) is 15.6. The summed E-state index contributed by atoms with van der Waals surface area (Å²) in [6, 6.07) is -0.00567. The maximum atomic E-state index is 12.8. The molecule has 3 saturated heterocycles. The molecule has 5 rings (SSSR count). The van der Waals surface area contributed by atoms with E-state index < -0.39 is 0 Å². The average Bonchev–Trinajstić information content (AvgIpc) is 3.00. The van der Waals surface area contributed by atoms with Crippen LogP contribution in [0.15, 0.2) is 37.2 Å². The Kier molecular flexibility index (Phi) is 4.09. The zero-order valence-corrected chi connectivity index (χ0v) is 13.7. The topological polar surface area (TPSA) is 92.2 Å². The molecule has 0 unspecified atom stereocenters. The van der Waals surface area contributed by atoms with E-state index in [2.05, 4.69) is 19.9 Å². The van der Waals surface area contributed by atoms with Gasteiger partial charge in [-0.2, -0.15) is 0 Å². The van der Waals surface area contributed by atoms with Gasteiger partial charge in [-0.3, -0.25) is 19.6 Å². The lowest BCUT2D eigenvalue weighted by Gasteiger charge is -2.35. The van der Waals surface area contributed by atoms with Crippen molar-refractivity contribution in [1.82, 2.24) is 29.7 Å². The predicted octanol–water partition coefficient (Wildman–Crippen LogP) is 0.643. The lowest BCUT2D eigenvalue weighted by atomic mass is 9.95. The number of fused-ring (bicyclic) bond motifs is 4. The minimum atomic E-state index is -0.126. The minimum Gasteiger partial charge on any atom is -0.335 e. The van der Waals surface area contributed by atoms with Gasteiger partial charge >= 0.3 is 0 Å². The zero-order valence-electron chi connectivity index (χ0n) is 13.7. The highest BCUT2D eigenvalue weighted by molar-refractivity contribution is 5.93. The molecule has 2 amide bonds. The van der Waals surface area contributed by atoms with Gasteiger partial charge in [-0.15, -0.1) is 0 Å². The maximum Gasteiger partial charge on any atom is 0.274 e. The lowest BCUT2D eigenvalue weighted by molar-refractivity contribution is 0.0568. The molecule has 0 saturated carbocycles. The van der Waals surface area contributed by atoms with Crippen molar-refractivity contribution in [1.29, 1.82) is 0 Å². The molecule has 3 aliphatic heterocycles. The SMILES string of the molecule is O=C(c1cnccn1)N1C[C@@H]2CC[C@H](C1)N(C(=O)c1cnccn1)C2. The highest BCUT2D eigenvalue weighted by Crippen LogP contribution is 2.29. The molecule has 0 spiro atoms. The summed E-state index contributed by atoms with van der Waals surface area (Å²) in [6.07, 6.45) is 11.0. The van der Waals surface area contributed by atoms with Gasteiger partial charge < -0.3 is 9.80 Å². The Morgan fingerprint density at radius 3 is 2.16 bits per heavy atom. The van der Waals surface area contributed by atoms with Crippen LogP contribution in [0, 0.1) is 5.92 Å². The number of carbonyl (C=O) groups excluding carboxylic acids is 2. The van der Waals surface area contributed by atoms with E-state index in [0.717, 1.165) is 12.8 Å². The summed E-state index contributed by atoms with van der Waals surface area (Å²) in [5, 5.41) is 0. The highest BCUT2D eigenvalue weighted by atomic mass is 16.2. The molecule has 2 atom stereocenters. The van der Waals surface area contributed by atoms with Gasteiger partial charge in [-0.25, -0.2) is 9.97 Å². The van der Waals surface area contributed by atoms with Crippen LogP contribution in [0.25, 0.3) is 0 Å². The van der Waals surface area contributed by atoms with Crippen LogP contribution < -0.4 is 0 Å². The Hall–Kier alpha value is -2.90. The van der Waals surface area contributed by atoms with E-state index in [1.54, 1.807) is 17.3 Å². The second kappa shape index (κ2) is 6.54. The molecule has 2 aromatic heterocycles. The van der Waals surface area contributed by atoms with Gasteiger partial charge in [0.05, 0.1) is 12.4 Å². The first-order valence-electron chi connectivity index (χ1n) is 8.34. The van der Waals surface area contributed by atoms with Gasteiger partial charge in [0.15, 0.2) is 0 Å². The van der Waals surface area contributed by atoms with Crippen molar-refractivity contribution in [2.75, 3.05) is 19.6 Å². The van der Waals surface area contributed by atoms with E-state index in [9.17, 15) is 9.59 Å². The largest absolute Gasteiger partial charge is 0.335 e. The molecular formula is C17H18N6O2. The van der Waals surface area contributed by atoms with Crippen LogP contribution >= 0.6 is 0 Å². The summed E-state index contributed by atoms with van der Waals surface area (Å²) in [6.45, 7) is 1.79. The van der Waals surface area contributed by atoms with Crippen LogP contribution in [0.4, 0.5) is 0 Å². The van der Waals surface area contributed by atoms with E-state index >= 15 is 0 Å². The van der Waals surface area contributed by atoms with Gasteiger partial charge in [0, 0.05) is 50.5 Å². The van der Waals surface area contributed by atoms with Crippen molar-refractivity contribution in [3.63, 3.8) is 0 Å². The second-order valence-electron chi connectivity index (χ2n) is 6.45. The van der Waals surface area contributed by atoms with Crippen LogP contribution in [0.1, 0.15) is 33.8 Å². The Morgan fingerprint density at radius 2 is 1.52 bits per heavy atom. The molecule has 25 heavy (non-hydrogen) atoms. The standard InChI is InChI=1S/C17H18N6O2/c24-16(14-7-18-3-5-20-14)22-9-12-1-2-13(11-22)23(10-12)17(25)15-8-19-4-6-21-15/h3-8,12-13H,1-2,9-11H2/t12-,13+/m0/s1. The van der Waals surface area contributed by atoms with Crippen LogP contribution in [-0.2, 0) is 0 Å². The number of carbonyl (C=O) groups is 2. The Labute approximate surface area is 144 Å². The Bertz CT molecular complexity index is 767. The van der Waals surface area contributed by atoms with Crippen molar-refractivity contribution in [3.05, 3.63) is 48.6 Å². The molecule has 0 N–H and O–H groups in total. The monoisotopic (exact) mass is 338 g/mol. The van der Waals surface area contributed by atoms with E-state index in [4.69, 9.17) is 0 Å². The highest BCUT2D eigenvalue weighted by Gasteiger charge is 2.39. The third kappa shape index (κ3) is 3.07. The number of piperidine rings is 1. The summed E-state index contributed by atoms with van der Waals surface area (Å²) >= 11 is 0. The van der Waals surface area contributed by atoms with E-state index in [1.807, 2.05) is 4.90 Å². The quantitative estimate of drug-likeness (QED) is 0.798. The molecule has 8 heteroatoms. The predicted molar refractivity (Wildman–Crippen MR) is 87.5 cm³/mol. The molecule has 0 radical (unpaired) electrons. The fraction of sp³-hybridized carbons (Fsp3) is 0.412. The van der Waals surface area contributed by atoms with Crippen LogP contribution in [0.3, 0.4) is 0 Å². The third-order valence-corrected chi connectivity index (χ3v) is 4.83. The van der Waals surface area contributed by atoms with E-state index in [-0.39, 0.29) is 23.8 Å². The van der Waals surface area contributed by atoms with Crippen LogP contribution in [0.2, 0.25) is 0 Å². The maximum absolute atomic E-state index is 12.8. The van der Waals surface area contributed by atoms with Gasteiger partial charge in [0.25, 0.3) is 11.8 Å². The van der Waals surface area contributed by atoms with Gasteiger partial charge in [0.1, 0.15) is 11.4 Å². The van der Waals surface area contributed by atoms with E-state index in [0.29, 0.717) is 31.0 Å². The first-order valence-corrected chi connectivity index (χ1v) is 8.34. The van der Waals surface area contributed by atoms with Gasteiger partial charge in [-0.05, 0) is 18.8 Å². The fourth-order valence-electron chi connectivity index (χ4n) is 3.62. The lowest BCUT2D eigenvalue weighted by Crippen LogP contribution is -2.48. The molecule has 2 bridgehead atoms. The van der Waals surface area contributed by atoms with Gasteiger partial charge in [0.2, 0.25) is 0 Å². The van der Waals surface area contributed by atoms with Crippen molar-refractivity contribution >= 4 is 11.8 Å². The van der Waals surface area contributed by atoms with Crippen LogP contribution in [0.5, 0.6) is 0 Å². The number of aromatic nitrogens is 4. The summed E-state index contributed by atoms with van der Waals surface area (Å²) in [4.78, 5) is 45.3. The molecule has 3 fully saturated rings. The van der Waals surface area contributed by atoms with Crippen molar-refractivity contribution in [2.45, 2.75) is 18.9 Å². The fourth-order valence-corrected chi connectivity index (χ4v) is 3.62. The number of hydrogen-bond donors (Lipinski definition) is 0. The summed E-state index contributed by atoms with van der Waals surface area (Å²) in [7, 11) is 0. The third-order valence-electron chi connectivity index (χ3n) is 4.83. The Balaban J connectivity index is 1.55. The molecular weight excluding hydrogens is 320 g/mol. The number of hydrogen-bond acceptors (Lipinski definition) is 6. The minimum absolute atomic E-state index is 0.00567. The Morgan fingerprint density at radius 1 is 0.840 bits per heavy atom. The molecule has 3 aliphatic rings. The number of rotatable bonds is 2. The molecule has 2 aromatic rings. The van der Waals surface area contributed by atoms with Crippen molar-refractivity contribution in [2.24, 2.45) is 5.92 Å². The smallest absolute Gasteiger partial charge is 0.274 e. The summed E-state index contributed by atoms with van der Waals surface area (Å²) < 4.78 is 0. The molecule has 8 nitrogen and oxygen atoms in total. The average molecular weight is 338 g/mol. The summed E-state index contributed by atoms with van der Waals surface area (Å²) in [5.74, 6) is 0.0235. The molecule has 0 aromatic carbocycles. The summed E-state index contributed by atoms with van der Waals surface area (Å²) in [5.41, 5.74) is 0.692. The van der Waals surface area contributed by atoms with Crippen molar-refractivity contribution in [3.8, 4) is 0 Å². The van der Waals surface area contributed by atoms with Gasteiger partial charge in [-0.1, -0.05) is 0 Å². The zero-order chi connectivity index (χ0) is 17.2. The normalized spacial score (nSPS) is 22.6.